The Balaban J connectivity index is 3.43. The first-order valence-corrected chi connectivity index (χ1v) is 5.10. The number of halogens is 6. The lowest BCUT2D eigenvalue weighted by Gasteiger charge is -2.13. The highest BCUT2D eigenvalue weighted by Crippen LogP contribution is 2.36. The number of alkyl halides is 5. The molecule has 0 aromatic carbocycles. The van der Waals surface area contributed by atoms with E-state index in [1.807, 2.05) is 0 Å². The number of aromatic nitrogens is 1. The maximum Gasteiger partial charge on any atom is 0.433 e. The molecule has 0 atom stereocenters. The van der Waals surface area contributed by atoms with Gasteiger partial charge in [0.1, 0.15) is 0 Å². The number of pyridine rings is 1. The fourth-order valence-electron chi connectivity index (χ4n) is 1.08. The van der Waals surface area contributed by atoms with Crippen LogP contribution in [0.15, 0.2) is 6.07 Å². The van der Waals surface area contributed by atoms with Gasteiger partial charge in [0.25, 0.3) is 6.43 Å². The van der Waals surface area contributed by atoms with Crippen LogP contribution in [0.2, 0.25) is 0 Å². The summed E-state index contributed by atoms with van der Waals surface area (Å²) >= 11 is 1.62. The summed E-state index contributed by atoms with van der Waals surface area (Å²) in [6.07, 6.45) is -8.12. The van der Waals surface area contributed by atoms with E-state index < -0.39 is 23.9 Å². The summed E-state index contributed by atoms with van der Waals surface area (Å²) in [7, 11) is 0. The maximum atomic E-state index is 12.4. The molecule has 1 aromatic rings. The summed E-state index contributed by atoms with van der Waals surface area (Å²) in [5.74, 6) is 0. The fourth-order valence-corrected chi connectivity index (χ4v) is 1.75. The lowest BCUT2D eigenvalue weighted by atomic mass is 10.1. The normalized spacial score (nSPS) is 12.2. The first-order valence-electron chi connectivity index (χ1n) is 4.02. The van der Waals surface area contributed by atoms with Crippen molar-refractivity contribution in [2.45, 2.75) is 19.1 Å². The molecule has 0 spiro atoms. The second-order valence-corrected chi connectivity index (χ2v) is 4.02. The summed E-state index contributed by atoms with van der Waals surface area (Å²) in [5, 5.41) is 0. The Labute approximate surface area is 101 Å². The third kappa shape index (κ3) is 2.78. The van der Waals surface area contributed by atoms with Crippen molar-refractivity contribution in [3.05, 3.63) is 26.6 Å². The van der Waals surface area contributed by atoms with E-state index in [4.69, 9.17) is 5.73 Å². The van der Waals surface area contributed by atoms with Gasteiger partial charge in [-0.15, -0.1) is 0 Å². The van der Waals surface area contributed by atoms with Crippen LogP contribution in [0, 0.1) is 3.57 Å². The second kappa shape index (κ2) is 4.78. The fraction of sp³-hybridized carbons (Fsp3) is 0.375. The standard InChI is InChI=1S/C8H6F5IN2/c9-7(10)3-1-4(14)5(2-15)16-6(3)8(11,12)13/h1,7H,2,15H2. The highest BCUT2D eigenvalue weighted by molar-refractivity contribution is 14.1. The number of hydrogen-bond acceptors (Lipinski definition) is 2. The smallest absolute Gasteiger partial charge is 0.325 e. The minimum atomic E-state index is -4.90. The summed E-state index contributed by atoms with van der Waals surface area (Å²) in [5.41, 5.74) is 2.44. The van der Waals surface area contributed by atoms with Crippen molar-refractivity contribution in [1.82, 2.24) is 4.98 Å². The minimum Gasteiger partial charge on any atom is -0.325 e. The zero-order valence-corrected chi connectivity index (χ0v) is 9.81. The summed E-state index contributed by atoms with van der Waals surface area (Å²) in [6, 6.07) is 0.767. The highest BCUT2D eigenvalue weighted by atomic mass is 127. The molecular weight excluding hydrogens is 346 g/mol. The first kappa shape index (κ1) is 13.6. The van der Waals surface area contributed by atoms with Crippen molar-refractivity contribution in [2.75, 3.05) is 0 Å². The van der Waals surface area contributed by atoms with E-state index in [9.17, 15) is 22.0 Å². The average Bonchev–Trinajstić information content (AvgIpc) is 2.15. The molecule has 0 amide bonds. The number of rotatable bonds is 2. The summed E-state index contributed by atoms with van der Waals surface area (Å²) in [4.78, 5) is 3.15. The van der Waals surface area contributed by atoms with Gasteiger partial charge < -0.3 is 5.73 Å². The SMILES string of the molecule is NCc1nc(C(F)(F)F)c(C(F)F)cc1I. The van der Waals surface area contributed by atoms with Crippen LogP contribution < -0.4 is 5.73 Å². The van der Waals surface area contributed by atoms with Crippen molar-refractivity contribution >= 4 is 22.6 Å². The molecule has 0 radical (unpaired) electrons. The van der Waals surface area contributed by atoms with Crippen molar-refractivity contribution in [1.29, 1.82) is 0 Å². The minimum absolute atomic E-state index is 0.0441. The largest absolute Gasteiger partial charge is 0.433 e. The lowest BCUT2D eigenvalue weighted by Crippen LogP contribution is -2.16. The molecule has 0 aliphatic heterocycles. The summed E-state index contributed by atoms with van der Waals surface area (Å²) in [6.45, 7) is -0.231. The Kier molecular flexibility index (Phi) is 4.05. The topological polar surface area (TPSA) is 38.9 Å². The zero-order chi connectivity index (χ0) is 12.5. The van der Waals surface area contributed by atoms with Crippen LogP contribution in [0.3, 0.4) is 0 Å². The molecule has 0 aliphatic rings. The second-order valence-electron chi connectivity index (χ2n) is 2.86. The van der Waals surface area contributed by atoms with E-state index in [-0.39, 0.29) is 15.8 Å². The van der Waals surface area contributed by atoms with Crippen LogP contribution >= 0.6 is 22.6 Å². The molecule has 8 heteroatoms. The Hall–Kier alpha value is -0.510. The van der Waals surface area contributed by atoms with E-state index in [0.29, 0.717) is 0 Å². The Morgan fingerprint density at radius 3 is 2.31 bits per heavy atom. The number of hydrogen-bond donors (Lipinski definition) is 1. The van der Waals surface area contributed by atoms with Gasteiger partial charge in [-0.25, -0.2) is 13.8 Å². The van der Waals surface area contributed by atoms with Crippen molar-refractivity contribution in [3.63, 3.8) is 0 Å². The number of nitrogens with two attached hydrogens (primary N) is 1. The average molecular weight is 352 g/mol. The molecule has 2 nitrogen and oxygen atoms in total. The molecule has 2 N–H and O–H groups in total. The van der Waals surface area contributed by atoms with E-state index in [0.717, 1.165) is 6.07 Å². The third-order valence-corrected chi connectivity index (χ3v) is 2.71. The Morgan fingerprint density at radius 1 is 1.38 bits per heavy atom. The van der Waals surface area contributed by atoms with Crippen molar-refractivity contribution in [3.8, 4) is 0 Å². The predicted octanol–water partition coefficient (Wildman–Crippen LogP) is 3.10. The van der Waals surface area contributed by atoms with Gasteiger partial charge in [0.05, 0.1) is 5.69 Å². The first-order chi connectivity index (χ1) is 7.27. The highest BCUT2D eigenvalue weighted by Gasteiger charge is 2.38. The molecule has 0 saturated carbocycles. The van der Waals surface area contributed by atoms with E-state index in [1.165, 1.54) is 0 Å². The molecule has 0 fully saturated rings. The monoisotopic (exact) mass is 352 g/mol. The van der Waals surface area contributed by atoms with Gasteiger partial charge in [0.2, 0.25) is 0 Å². The molecule has 1 aromatic heterocycles. The zero-order valence-electron chi connectivity index (χ0n) is 7.65. The van der Waals surface area contributed by atoms with E-state index in [2.05, 4.69) is 4.98 Å². The molecule has 0 unspecified atom stereocenters. The van der Waals surface area contributed by atoms with Gasteiger partial charge in [-0.2, -0.15) is 13.2 Å². The van der Waals surface area contributed by atoms with Crippen LogP contribution in [-0.2, 0) is 12.7 Å². The van der Waals surface area contributed by atoms with Crippen LogP contribution in [0.4, 0.5) is 22.0 Å². The molecular formula is C8H6F5IN2. The molecule has 90 valence electrons. The van der Waals surface area contributed by atoms with E-state index in [1.54, 1.807) is 22.6 Å². The molecule has 1 heterocycles. The molecule has 1 rings (SSSR count). The lowest BCUT2D eigenvalue weighted by molar-refractivity contribution is -0.143. The van der Waals surface area contributed by atoms with Gasteiger partial charge in [-0.3, -0.25) is 0 Å². The Bertz CT molecular complexity index is 391. The van der Waals surface area contributed by atoms with Gasteiger partial charge in [-0.05, 0) is 28.7 Å². The maximum absolute atomic E-state index is 12.4. The molecule has 16 heavy (non-hydrogen) atoms. The van der Waals surface area contributed by atoms with Crippen LogP contribution in [0.25, 0.3) is 0 Å². The van der Waals surface area contributed by atoms with Gasteiger partial charge in [-0.1, -0.05) is 0 Å². The number of nitrogens with zero attached hydrogens (tertiary/aromatic N) is 1. The Morgan fingerprint density at radius 2 is 1.94 bits per heavy atom. The predicted molar refractivity (Wildman–Crippen MR) is 54.8 cm³/mol. The third-order valence-electron chi connectivity index (χ3n) is 1.78. The van der Waals surface area contributed by atoms with Crippen LogP contribution in [0.1, 0.15) is 23.4 Å². The van der Waals surface area contributed by atoms with Gasteiger partial charge in [0.15, 0.2) is 5.69 Å². The van der Waals surface area contributed by atoms with Crippen LogP contribution in [0.5, 0.6) is 0 Å². The van der Waals surface area contributed by atoms with Crippen molar-refractivity contribution < 1.29 is 22.0 Å². The van der Waals surface area contributed by atoms with Crippen LogP contribution in [-0.4, -0.2) is 4.98 Å². The molecule has 0 bridgehead atoms. The quantitative estimate of drug-likeness (QED) is 0.656. The van der Waals surface area contributed by atoms with E-state index >= 15 is 0 Å². The molecule has 0 aliphatic carbocycles. The molecule has 0 saturated heterocycles. The van der Waals surface area contributed by atoms with Crippen molar-refractivity contribution in [2.24, 2.45) is 5.73 Å². The van der Waals surface area contributed by atoms with Gasteiger partial charge >= 0.3 is 6.18 Å². The van der Waals surface area contributed by atoms with Gasteiger partial charge in [0, 0.05) is 15.7 Å². The summed E-state index contributed by atoms with van der Waals surface area (Å²) < 4.78 is 62.2.